The van der Waals surface area contributed by atoms with Crippen molar-refractivity contribution in [2.45, 2.75) is 24.5 Å². The van der Waals surface area contributed by atoms with Crippen LogP contribution in [0.4, 0.5) is 0 Å². The van der Waals surface area contributed by atoms with Gasteiger partial charge in [-0.25, -0.2) is 5.43 Å². The van der Waals surface area contributed by atoms with Crippen LogP contribution in [0.2, 0.25) is 5.02 Å². The highest BCUT2D eigenvalue weighted by Gasteiger charge is 2.12. The minimum atomic E-state index is -0.242. The van der Waals surface area contributed by atoms with E-state index in [-0.39, 0.29) is 5.91 Å². The van der Waals surface area contributed by atoms with Gasteiger partial charge in [0.15, 0.2) is 0 Å². The molecule has 0 spiro atoms. The Bertz CT molecular complexity index is 1280. The number of rotatable bonds is 7. The van der Waals surface area contributed by atoms with E-state index in [0.717, 1.165) is 34.0 Å². The van der Waals surface area contributed by atoms with E-state index in [1.165, 1.54) is 4.90 Å². The van der Waals surface area contributed by atoms with Gasteiger partial charge in [-0.1, -0.05) is 54.1 Å². The Morgan fingerprint density at radius 2 is 1.70 bits per heavy atom. The zero-order valence-electron chi connectivity index (χ0n) is 18.5. The van der Waals surface area contributed by atoms with Crippen LogP contribution in [-0.4, -0.2) is 16.7 Å². The third kappa shape index (κ3) is 5.56. The van der Waals surface area contributed by atoms with Gasteiger partial charge in [0.25, 0.3) is 5.91 Å². The molecule has 6 heteroatoms. The molecule has 166 valence electrons. The SMILES string of the molecule is Cc1cc(/C=N/NC(=O)c2ccc(CSc3ccccc3)cc2)c(C)n1-c1ccccc1Cl. The van der Waals surface area contributed by atoms with Crippen LogP contribution >= 0.6 is 23.4 Å². The third-order valence-corrected chi connectivity index (χ3v) is 6.70. The number of carbonyl (C=O) groups excluding carboxylic acids is 1. The van der Waals surface area contributed by atoms with E-state index in [0.29, 0.717) is 10.6 Å². The summed E-state index contributed by atoms with van der Waals surface area (Å²) in [6.45, 7) is 4.02. The number of nitrogens with one attached hydrogen (secondary N) is 1. The Labute approximate surface area is 203 Å². The maximum atomic E-state index is 12.5. The topological polar surface area (TPSA) is 46.4 Å². The quantitative estimate of drug-likeness (QED) is 0.182. The highest BCUT2D eigenvalue weighted by atomic mass is 35.5. The first-order valence-corrected chi connectivity index (χ1v) is 11.9. The van der Waals surface area contributed by atoms with E-state index < -0.39 is 0 Å². The summed E-state index contributed by atoms with van der Waals surface area (Å²) >= 11 is 8.14. The smallest absolute Gasteiger partial charge is 0.271 e. The van der Waals surface area contributed by atoms with E-state index in [2.05, 4.69) is 27.2 Å². The molecule has 33 heavy (non-hydrogen) atoms. The van der Waals surface area contributed by atoms with Crippen molar-refractivity contribution in [2.75, 3.05) is 0 Å². The highest BCUT2D eigenvalue weighted by Crippen LogP contribution is 2.26. The minimum Gasteiger partial charge on any atom is -0.316 e. The number of aryl methyl sites for hydroxylation is 1. The molecular formula is C27H24ClN3OS. The van der Waals surface area contributed by atoms with Gasteiger partial charge in [-0.15, -0.1) is 11.8 Å². The molecule has 0 aliphatic heterocycles. The second-order valence-corrected chi connectivity index (χ2v) is 9.07. The standard InChI is InChI=1S/C27H24ClN3OS/c1-19-16-23(20(2)31(19)26-11-7-6-10-25(26)28)17-29-30-27(32)22-14-12-21(13-15-22)18-33-24-8-4-3-5-9-24/h3-17H,18H2,1-2H3,(H,30,32)/b29-17+. The predicted molar refractivity (Wildman–Crippen MR) is 138 cm³/mol. The molecule has 1 amide bonds. The number of aromatic nitrogens is 1. The normalized spacial score (nSPS) is 11.1. The number of amides is 1. The lowest BCUT2D eigenvalue weighted by molar-refractivity contribution is 0.0955. The summed E-state index contributed by atoms with van der Waals surface area (Å²) in [5, 5.41) is 4.85. The Morgan fingerprint density at radius 1 is 1.00 bits per heavy atom. The van der Waals surface area contributed by atoms with Crippen molar-refractivity contribution < 1.29 is 4.79 Å². The Kier molecular flexibility index (Phi) is 7.33. The Morgan fingerprint density at radius 3 is 2.42 bits per heavy atom. The van der Waals surface area contributed by atoms with Crippen LogP contribution in [0.25, 0.3) is 5.69 Å². The van der Waals surface area contributed by atoms with Crippen molar-refractivity contribution in [3.05, 3.63) is 118 Å². The summed E-state index contributed by atoms with van der Waals surface area (Å²) in [5.41, 5.74) is 8.23. The van der Waals surface area contributed by atoms with Gasteiger partial charge in [-0.2, -0.15) is 5.10 Å². The van der Waals surface area contributed by atoms with Gasteiger partial charge in [-0.05, 0) is 61.9 Å². The second kappa shape index (κ2) is 10.6. The number of halogens is 1. The van der Waals surface area contributed by atoms with Crippen LogP contribution in [0.1, 0.15) is 32.9 Å². The van der Waals surface area contributed by atoms with E-state index in [4.69, 9.17) is 11.6 Å². The minimum absolute atomic E-state index is 0.242. The van der Waals surface area contributed by atoms with Gasteiger partial charge < -0.3 is 4.57 Å². The number of hydrazone groups is 1. The van der Waals surface area contributed by atoms with Gasteiger partial charge in [0.05, 0.1) is 16.9 Å². The van der Waals surface area contributed by atoms with Crippen molar-refractivity contribution >= 4 is 35.5 Å². The van der Waals surface area contributed by atoms with Crippen molar-refractivity contribution in [3.63, 3.8) is 0 Å². The van der Waals surface area contributed by atoms with Crippen LogP contribution in [0.3, 0.4) is 0 Å². The zero-order chi connectivity index (χ0) is 23.2. The molecule has 0 aliphatic carbocycles. The van der Waals surface area contributed by atoms with Gasteiger partial charge in [0.2, 0.25) is 0 Å². The first-order chi connectivity index (χ1) is 16.0. The van der Waals surface area contributed by atoms with Crippen molar-refractivity contribution in [1.82, 2.24) is 9.99 Å². The molecule has 4 nitrogen and oxygen atoms in total. The van der Waals surface area contributed by atoms with Crippen molar-refractivity contribution in [1.29, 1.82) is 0 Å². The van der Waals surface area contributed by atoms with E-state index in [9.17, 15) is 4.79 Å². The van der Waals surface area contributed by atoms with Crippen LogP contribution in [-0.2, 0) is 5.75 Å². The number of nitrogens with zero attached hydrogens (tertiary/aromatic N) is 2. The molecular weight excluding hydrogens is 450 g/mol. The molecule has 3 aromatic carbocycles. The van der Waals surface area contributed by atoms with Crippen molar-refractivity contribution in [3.8, 4) is 5.69 Å². The summed E-state index contributed by atoms with van der Waals surface area (Å²) in [5.74, 6) is 0.610. The average Bonchev–Trinajstić information content (AvgIpc) is 3.12. The molecule has 0 bridgehead atoms. The molecule has 1 heterocycles. The van der Waals surface area contributed by atoms with E-state index in [1.54, 1.807) is 18.0 Å². The monoisotopic (exact) mass is 473 g/mol. The number of hydrogen-bond acceptors (Lipinski definition) is 3. The lowest BCUT2D eigenvalue weighted by Crippen LogP contribution is -2.17. The maximum Gasteiger partial charge on any atom is 0.271 e. The summed E-state index contributed by atoms with van der Waals surface area (Å²) in [6.07, 6.45) is 1.67. The summed E-state index contributed by atoms with van der Waals surface area (Å²) < 4.78 is 2.08. The molecule has 0 aliphatic rings. The van der Waals surface area contributed by atoms with Gasteiger partial charge in [0, 0.05) is 33.2 Å². The number of benzene rings is 3. The fourth-order valence-corrected chi connectivity index (χ4v) is 4.68. The zero-order valence-corrected chi connectivity index (χ0v) is 20.0. The molecule has 0 saturated carbocycles. The summed E-state index contributed by atoms with van der Waals surface area (Å²) in [6, 6.07) is 27.6. The summed E-state index contributed by atoms with van der Waals surface area (Å²) in [7, 11) is 0. The van der Waals surface area contributed by atoms with Crippen LogP contribution in [0, 0.1) is 13.8 Å². The largest absolute Gasteiger partial charge is 0.316 e. The van der Waals surface area contributed by atoms with Crippen LogP contribution < -0.4 is 5.43 Å². The fraction of sp³-hybridized carbons (Fsp3) is 0.111. The van der Waals surface area contributed by atoms with Crippen LogP contribution in [0.5, 0.6) is 0 Å². The molecule has 0 fully saturated rings. The highest BCUT2D eigenvalue weighted by molar-refractivity contribution is 7.98. The predicted octanol–water partition coefficient (Wildman–Crippen LogP) is 6.80. The van der Waals surface area contributed by atoms with Gasteiger partial charge in [-0.3, -0.25) is 4.79 Å². The molecule has 4 rings (SSSR count). The van der Waals surface area contributed by atoms with Gasteiger partial charge in [0.1, 0.15) is 0 Å². The third-order valence-electron chi connectivity index (χ3n) is 5.30. The maximum absolute atomic E-state index is 12.5. The van der Waals surface area contributed by atoms with Crippen molar-refractivity contribution in [2.24, 2.45) is 5.10 Å². The van der Waals surface area contributed by atoms with Gasteiger partial charge >= 0.3 is 0 Å². The fourth-order valence-electron chi connectivity index (χ4n) is 3.58. The second-order valence-electron chi connectivity index (χ2n) is 7.61. The van der Waals surface area contributed by atoms with Crippen LogP contribution in [0.15, 0.2) is 94.9 Å². The first kappa shape index (κ1) is 22.9. The number of carbonyl (C=O) groups is 1. The molecule has 1 aromatic heterocycles. The Hall–Kier alpha value is -3.28. The molecule has 0 unspecified atom stereocenters. The molecule has 0 radical (unpaired) electrons. The molecule has 4 aromatic rings. The average molecular weight is 474 g/mol. The number of thioether (sulfide) groups is 1. The number of hydrogen-bond donors (Lipinski definition) is 1. The molecule has 0 atom stereocenters. The first-order valence-electron chi connectivity index (χ1n) is 10.6. The lowest BCUT2D eigenvalue weighted by Gasteiger charge is -2.11. The van der Waals surface area contributed by atoms with E-state index in [1.807, 2.05) is 86.6 Å². The van der Waals surface area contributed by atoms with E-state index >= 15 is 0 Å². The molecule has 0 saturated heterocycles. The summed E-state index contributed by atoms with van der Waals surface area (Å²) in [4.78, 5) is 13.7. The lowest BCUT2D eigenvalue weighted by atomic mass is 10.1. The number of para-hydroxylation sites is 1. The molecule has 1 N–H and O–H groups in total. The Balaban J connectivity index is 1.38.